The second-order valence-corrected chi connectivity index (χ2v) is 4.64. The Bertz CT molecular complexity index is 433. The maximum atomic E-state index is 12.2. The quantitative estimate of drug-likeness (QED) is 0.778. The van der Waals surface area contributed by atoms with E-state index in [0.717, 1.165) is 0 Å². The molecule has 0 aliphatic carbocycles. The first-order chi connectivity index (χ1) is 8.60. The third-order valence-electron chi connectivity index (χ3n) is 2.80. The van der Waals surface area contributed by atoms with Crippen molar-refractivity contribution in [2.24, 2.45) is 0 Å². The lowest BCUT2D eigenvalue weighted by Crippen LogP contribution is -2.46. The topological polar surface area (TPSA) is 75.8 Å². The molecule has 1 aromatic rings. The van der Waals surface area contributed by atoms with E-state index < -0.39 is 0 Å². The van der Waals surface area contributed by atoms with E-state index in [0.29, 0.717) is 36.0 Å². The molecule has 98 valence electrons. The molecule has 3 N–H and O–H groups in total. The van der Waals surface area contributed by atoms with E-state index in [1.807, 2.05) is 0 Å². The summed E-state index contributed by atoms with van der Waals surface area (Å²) in [5.41, 5.74) is 6.57. The second kappa shape index (κ2) is 5.56. The van der Waals surface area contributed by atoms with Gasteiger partial charge in [-0.1, -0.05) is 11.6 Å². The maximum Gasteiger partial charge on any atom is 0.254 e. The molecule has 0 radical (unpaired) electrons. The van der Waals surface area contributed by atoms with Gasteiger partial charge < -0.3 is 20.5 Å². The first kappa shape index (κ1) is 13.1. The lowest BCUT2D eigenvalue weighted by molar-refractivity contribution is -0.0447. The Morgan fingerprint density at radius 1 is 1.56 bits per heavy atom. The van der Waals surface area contributed by atoms with E-state index >= 15 is 0 Å². The number of halogens is 1. The van der Waals surface area contributed by atoms with Crippen molar-refractivity contribution < 1.29 is 14.6 Å². The molecule has 0 spiro atoms. The van der Waals surface area contributed by atoms with Crippen LogP contribution in [0.25, 0.3) is 0 Å². The first-order valence-corrected chi connectivity index (χ1v) is 6.05. The molecule has 1 aliphatic rings. The predicted molar refractivity (Wildman–Crippen MR) is 68.6 cm³/mol. The summed E-state index contributed by atoms with van der Waals surface area (Å²) < 4.78 is 5.30. The predicted octanol–water partition coefficient (Wildman–Crippen LogP) is 0.756. The van der Waals surface area contributed by atoms with E-state index in [4.69, 9.17) is 27.2 Å². The highest BCUT2D eigenvalue weighted by atomic mass is 35.5. The lowest BCUT2D eigenvalue weighted by Gasteiger charge is -2.32. The van der Waals surface area contributed by atoms with Crippen LogP contribution >= 0.6 is 11.6 Å². The van der Waals surface area contributed by atoms with Gasteiger partial charge in [0.1, 0.15) is 0 Å². The van der Waals surface area contributed by atoms with Crippen LogP contribution in [0.3, 0.4) is 0 Å². The molecule has 1 amide bonds. The van der Waals surface area contributed by atoms with Gasteiger partial charge in [-0.15, -0.1) is 0 Å². The molecule has 0 saturated carbocycles. The summed E-state index contributed by atoms with van der Waals surface area (Å²) >= 11 is 5.87. The number of benzene rings is 1. The number of nitrogen functional groups attached to an aromatic ring is 1. The Kier molecular flexibility index (Phi) is 4.06. The molecule has 5 nitrogen and oxygen atoms in total. The highest BCUT2D eigenvalue weighted by Crippen LogP contribution is 2.19. The van der Waals surface area contributed by atoms with Crippen molar-refractivity contribution in [3.63, 3.8) is 0 Å². The third kappa shape index (κ3) is 2.93. The Balaban J connectivity index is 2.15. The largest absolute Gasteiger partial charge is 0.399 e. The van der Waals surface area contributed by atoms with Gasteiger partial charge in [-0.2, -0.15) is 0 Å². The van der Waals surface area contributed by atoms with Crippen molar-refractivity contribution in [1.82, 2.24) is 4.90 Å². The number of morpholine rings is 1. The number of aliphatic hydroxyl groups is 1. The number of hydrogen-bond donors (Lipinski definition) is 2. The number of hydrogen-bond acceptors (Lipinski definition) is 4. The van der Waals surface area contributed by atoms with Gasteiger partial charge in [-0.3, -0.25) is 4.79 Å². The average Bonchev–Trinajstić information content (AvgIpc) is 2.37. The summed E-state index contributed by atoms with van der Waals surface area (Å²) in [6.07, 6.45) is -0.320. The molecule has 1 aromatic carbocycles. The highest BCUT2D eigenvalue weighted by Gasteiger charge is 2.24. The molecule has 1 saturated heterocycles. The number of carbonyl (C=O) groups excluding carboxylic acids is 1. The number of rotatable bonds is 2. The van der Waals surface area contributed by atoms with Gasteiger partial charge in [-0.25, -0.2) is 0 Å². The molecular weight excluding hydrogens is 256 g/mol. The summed E-state index contributed by atoms with van der Waals surface area (Å²) in [5.74, 6) is -0.147. The van der Waals surface area contributed by atoms with Gasteiger partial charge >= 0.3 is 0 Å². The normalized spacial score (nSPS) is 19.9. The fourth-order valence-corrected chi connectivity index (χ4v) is 2.18. The van der Waals surface area contributed by atoms with E-state index in [2.05, 4.69) is 0 Å². The van der Waals surface area contributed by atoms with E-state index in [9.17, 15) is 4.79 Å². The van der Waals surface area contributed by atoms with Crippen molar-refractivity contribution in [2.75, 3.05) is 32.0 Å². The zero-order chi connectivity index (χ0) is 13.1. The number of amides is 1. The summed E-state index contributed by atoms with van der Waals surface area (Å²) in [5, 5.41) is 9.48. The van der Waals surface area contributed by atoms with Gasteiger partial charge in [0.25, 0.3) is 5.91 Å². The third-order valence-corrected chi connectivity index (χ3v) is 3.01. The lowest BCUT2D eigenvalue weighted by atomic mass is 10.1. The number of carbonyl (C=O) groups is 1. The van der Waals surface area contributed by atoms with Crippen LogP contribution in [0.2, 0.25) is 5.02 Å². The molecule has 0 aromatic heterocycles. The van der Waals surface area contributed by atoms with Crippen molar-refractivity contribution in [3.8, 4) is 0 Å². The molecule has 1 atom stereocenters. The summed E-state index contributed by atoms with van der Waals surface area (Å²) in [6, 6.07) is 4.77. The maximum absolute atomic E-state index is 12.2. The summed E-state index contributed by atoms with van der Waals surface area (Å²) in [4.78, 5) is 13.9. The molecule has 1 heterocycles. The minimum atomic E-state index is -0.320. The Hall–Kier alpha value is -1.30. The molecule has 6 heteroatoms. The van der Waals surface area contributed by atoms with Crippen molar-refractivity contribution in [3.05, 3.63) is 28.8 Å². The fourth-order valence-electron chi connectivity index (χ4n) is 1.93. The SMILES string of the molecule is Nc1cc(Cl)cc(C(=O)N2CCOC(CO)C2)c1. The molecule has 0 bridgehead atoms. The van der Waals surface area contributed by atoms with Crippen LogP contribution < -0.4 is 5.73 Å². The highest BCUT2D eigenvalue weighted by molar-refractivity contribution is 6.31. The zero-order valence-corrected chi connectivity index (χ0v) is 10.6. The molecule has 18 heavy (non-hydrogen) atoms. The average molecular weight is 271 g/mol. The van der Waals surface area contributed by atoms with Gasteiger partial charge in [-0.05, 0) is 18.2 Å². The van der Waals surface area contributed by atoms with Crippen LogP contribution in [0.4, 0.5) is 5.69 Å². The van der Waals surface area contributed by atoms with Crippen LogP contribution in [0, 0.1) is 0 Å². The van der Waals surface area contributed by atoms with Crippen molar-refractivity contribution in [2.45, 2.75) is 6.10 Å². The van der Waals surface area contributed by atoms with Crippen LogP contribution in [0.15, 0.2) is 18.2 Å². The minimum Gasteiger partial charge on any atom is -0.399 e. The number of anilines is 1. The fraction of sp³-hybridized carbons (Fsp3) is 0.417. The molecule has 1 fully saturated rings. The van der Waals surface area contributed by atoms with Crippen LogP contribution in [0.1, 0.15) is 10.4 Å². The van der Waals surface area contributed by atoms with E-state index in [1.54, 1.807) is 23.1 Å². The van der Waals surface area contributed by atoms with Gasteiger partial charge in [0.2, 0.25) is 0 Å². The monoisotopic (exact) mass is 270 g/mol. The molecule has 1 aliphatic heterocycles. The van der Waals surface area contributed by atoms with E-state index in [-0.39, 0.29) is 18.6 Å². The van der Waals surface area contributed by atoms with Crippen molar-refractivity contribution in [1.29, 1.82) is 0 Å². The Labute approximate surface area is 110 Å². The van der Waals surface area contributed by atoms with Crippen LogP contribution in [-0.2, 0) is 4.74 Å². The minimum absolute atomic E-state index is 0.0958. The van der Waals surface area contributed by atoms with Gasteiger partial charge in [0.15, 0.2) is 0 Å². The van der Waals surface area contributed by atoms with Crippen LogP contribution in [-0.4, -0.2) is 48.3 Å². The van der Waals surface area contributed by atoms with Crippen LogP contribution in [0.5, 0.6) is 0 Å². The van der Waals surface area contributed by atoms with Crippen molar-refractivity contribution >= 4 is 23.2 Å². The number of nitrogens with two attached hydrogens (primary N) is 1. The van der Waals surface area contributed by atoms with E-state index in [1.165, 1.54) is 0 Å². The zero-order valence-electron chi connectivity index (χ0n) is 9.80. The Morgan fingerprint density at radius 3 is 3.00 bits per heavy atom. The van der Waals surface area contributed by atoms with Gasteiger partial charge in [0, 0.05) is 29.4 Å². The first-order valence-electron chi connectivity index (χ1n) is 5.68. The number of ether oxygens (including phenoxy) is 1. The molecule has 1 unspecified atom stereocenters. The second-order valence-electron chi connectivity index (χ2n) is 4.20. The standard InChI is InChI=1S/C12H15ClN2O3/c13-9-3-8(4-10(14)5-9)12(17)15-1-2-18-11(6-15)7-16/h3-5,11,16H,1-2,6-7,14H2. The summed E-state index contributed by atoms with van der Waals surface area (Å²) in [7, 11) is 0. The number of aliphatic hydroxyl groups excluding tert-OH is 1. The Morgan fingerprint density at radius 2 is 2.33 bits per heavy atom. The smallest absolute Gasteiger partial charge is 0.254 e. The molecule has 2 rings (SSSR count). The molecular formula is C12H15ClN2O3. The number of nitrogens with zero attached hydrogens (tertiary/aromatic N) is 1. The van der Waals surface area contributed by atoms with Gasteiger partial charge in [0.05, 0.1) is 19.3 Å². The summed E-state index contributed by atoms with van der Waals surface area (Å²) in [6.45, 7) is 1.21.